The highest BCUT2D eigenvalue weighted by atomic mass is 19.1. The molecule has 3 aromatic carbocycles. The second-order valence-corrected chi connectivity index (χ2v) is 8.57. The molecule has 0 spiro atoms. The van der Waals surface area contributed by atoms with Gasteiger partial charge in [-0.1, -0.05) is 42.5 Å². The van der Waals surface area contributed by atoms with Crippen molar-refractivity contribution in [1.29, 1.82) is 0 Å². The Balaban J connectivity index is 1.31. The standard InChI is InChI=1S/C27H26F2N4O/c1-19(26-30-31-27(34-26)22-5-3-2-4-6-22)32-15-17-33(18-16-32)25(20-7-11-23(28)12-8-20)21-9-13-24(29)14-10-21/h2-14,19,25H,15-18H2,1H3. The van der Waals surface area contributed by atoms with Gasteiger partial charge in [0.2, 0.25) is 11.8 Å². The van der Waals surface area contributed by atoms with E-state index >= 15 is 0 Å². The van der Waals surface area contributed by atoms with Crippen LogP contribution in [0.2, 0.25) is 0 Å². The molecule has 2 heterocycles. The smallest absolute Gasteiger partial charge is 0.247 e. The van der Waals surface area contributed by atoms with Crippen molar-refractivity contribution >= 4 is 0 Å². The highest BCUT2D eigenvalue weighted by Gasteiger charge is 2.30. The van der Waals surface area contributed by atoms with Crippen LogP contribution in [-0.2, 0) is 0 Å². The first-order chi connectivity index (χ1) is 16.6. The van der Waals surface area contributed by atoms with E-state index in [0.717, 1.165) is 42.9 Å². The summed E-state index contributed by atoms with van der Waals surface area (Å²) in [4.78, 5) is 4.68. The Labute approximate surface area is 197 Å². The number of hydrogen-bond donors (Lipinski definition) is 0. The van der Waals surface area contributed by atoms with Gasteiger partial charge in [-0.2, -0.15) is 0 Å². The van der Waals surface area contributed by atoms with Crippen LogP contribution in [0.1, 0.15) is 36.0 Å². The molecular formula is C27H26F2N4O. The lowest BCUT2D eigenvalue weighted by molar-refractivity contribution is 0.0751. The lowest BCUT2D eigenvalue weighted by atomic mass is 9.96. The van der Waals surface area contributed by atoms with Crippen LogP contribution in [0.25, 0.3) is 11.5 Å². The number of hydrogen-bond acceptors (Lipinski definition) is 5. The number of rotatable bonds is 6. The van der Waals surface area contributed by atoms with Gasteiger partial charge in [0.1, 0.15) is 11.6 Å². The summed E-state index contributed by atoms with van der Waals surface area (Å²) in [5, 5.41) is 8.51. The normalized spacial score (nSPS) is 16.1. The van der Waals surface area contributed by atoms with Crippen molar-refractivity contribution in [3.8, 4) is 11.5 Å². The summed E-state index contributed by atoms with van der Waals surface area (Å²) in [5.74, 6) is 0.582. The number of nitrogens with zero attached hydrogens (tertiary/aromatic N) is 4. The van der Waals surface area contributed by atoms with Crippen LogP contribution in [-0.4, -0.2) is 46.2 Å². The highest BCUT2D eigenvalue weighted by molar-refractivity contribution is 5.51. The first-order valence-electron chi connectivity index (χ1n) is 11.5. The summed E-state index contributed by atoms with van der Waals surface area (Å²) >= 11 is 0. The fourth-order valence-corrected chi connectivity index (χ4v) is 4.54. The predicted molar refractivity (Wildman–Crippen MR) is 126 cm³/mol. The zero-order valence-corrected chi connectivity index (χ0v) is 18.9. The number of piperazine rings is 1. The Bertz CT molecular complexity index is 1160. The molecule has 0 N–H and O–H groups in total. The third-order valence-corrected chi connectivity index (χ3v) is 6.45. The molecule has 1 aliphatic heterocycles. The fraction of sp³-hybridized carbons (Fsp3) is 0.259. The minimum atomic E-state index is -0.269. The summed E-state index contributed by atoms with van der Waals surface area (Å²) in [6.07, 6.45) is 0. The molecule has 174 valence electrons. The Morgan fingerprint density at radius 1 is 0.706 bits per heavy atom. The maximum Gasteiger partial charge on any atom is 0.247 e. The lowest BCUT2D eigenvalue weighted by Gasteiger charge is -2.41. The molecule has 4 aromatic rings. The van der Waals surface area contributed by atoms with Crippen molar-refractivity contribution < 1.29 is 13.2 Å². The Kier molecular flexibility index (Phi) is 6.47. The van der Waals surface area contributed by atoms with Gasteiger partial charge in [0, 0.05) is 31.7 Å². The fourth-order valence-electron chi connectivity index (χ4n) is 4.54. The summed E-state index contributed by atoms with van der Waals surface area (Å²) in [5.41, 5.74) is 2.87. The zero-order valence-electron chi connectivity index (χ0n) is 18.9. The minimum absolute atomic E-state index is 0.0118. The van der Waals surface area contributed by atoms with E-state index in [1.165, 1.54) is 24.3 Å². The van der Waals surface area contributed by atoms with Gasteiger partial charge >= 0.3 is 0 Å². The second-order valence-electron chi connectivity index (χ2n) is 8.57. The summed E-state index contributed by atoms with van der Waals surface area (Å²) in [6.45, 7) is 5.29. The maximum absolute atomic E-state index is 13.6. The highest BCUT2D eigenvalue weighted by Crippen LogP contribution is 2.32. The molecule has 7 heteroatoms. The van der Waals surface area contributed by atoms with Crippen LogP contribution in [0.4, 0.5) is 8.78 Å². The van der Waals surface area contributed by atoms with Gasteiger partial charge in [0.15, 0.2) is 0 Å². The quantitative estimate of drug-likeness (QED) is 0.381. The van der Waals surface area contributed by atoms with E-state index in [-0.39, 0.29) is 23.7 Å². The van der Waals surface area contributed by atoms with Crippen molar-refractivity contribution in [2.24, 2.45) is 0 Å². The third-order valence-electron chi connectivity index (χ3n) is 6.45. The first-order valence-corrected chi connectivity index (χ1v) is 11.5. The molecule has 0 saturated carbocycles. The molecule has 5 nitrogen and oxygen atoms in total. The van der Waals surface area contributed by atoms with E-state index in [4.69, 9.17) is 4.42 Å². The van der Waals surface area contributed by atoms with Crippen LogP contribution < -0.4 is 0 Å². The molecule has 1 atom stereocenters. The summed E-state index contributed by atoms with van der Waals surface area (Å²) < 4.78 is 33.1. The van der Waals surface area contributed by atoms with Gasteiger partial charge in [-0.05, 0) is 54.4 Å². The van der Waals surface area contributed by atoms with Crippen LogP contribution in [0.15, 0.2) is 83.3 Å². The molecule has 0 amide bonds. The molecule has 0 aliphatic carbocycles. The van der Waals surface area contributed by atoms with Gasteiger partial charge in [0.25, 0.3) is 0 Å². The number of aromatic nitrogens is 2. The molecular weight excluding hydrogens is 434 g/mol. The monoisotopic (exact) mass is 460 g/mol. The topological polar surface area (TPSA) is 45.4 Å². The molecule has 1 fully saturated rings. The average molecular weight is 461 g/mol. The second kappa shape index (κ2) is 9.83. The van der Waals surface area contributed by atoms with E-state index < -0.39 is 0 Å². The van der Waals surface area contributed by atoms with E-state index in [9.17, 15) is 8.78 Å². The van der Waals surface area contributed by atoms with E-state index in [1.807, 2.05) is 54.6 Å². The third kappa shape index (κ3) is 4.76. The zero-order chi connectivity index (χ0) is 23.5. The van der Waals surface area contributed by atoms with Gasteiger partial charge in [0.05, 0.1) is 12.1 Å². The van der Waals surface area contributed by atoms with Crippen molar-refractivity contribution in [1.82, 2.24) is 20.0 Å². The lowest BCUT2D eigenvalue weighted by Crippen LogP contribution is -2.48. The van der Waals surface area contributed by atoms with E-state index in [0.29, 0.717) is 11.8 Å². The van der Waals surface area contributed by atoms with Crippen LogP contribution in [0.5, 0.6) is 0 Å². The molecule has 1 saturated heterocycles. The summed E-state index contributed by atoms with van der Waals surface area (Å²) in [6, 6.07) is 22.8. The first kappa shape index (κ1) is 22.4. The Morgan fingerprint density at radius 2 is 1.24 bits per heavy atom. The van der Waals surface area contributed by atoms with Crippen molar-refractivity contribution in [2.75, 3.05) is 26.2 Å². The number of benzene rings is 3. The molecule has 34 heavy (non-hydrogen) atoms. The average Bonchev–Trinajstić information content (AvgIpc) is 3.37. The summed E-state index contributed by atoms with van der Waals surface area (Å²) in [7, 11) is 0. The predicted octanol–water partition coefficient (Wildman–Crippen LogP) is 5.48. The molecule has 5 rings (SSSR count). The van der Waals surface area contributed by atoms with Gasteiger partial charge in [-0.25, -0.2) is 8.78 Å². The van der Waals surface area contributed by atoms with Gasteiger partial charge in [-0.15, -0.1) is 10.2 Å². The van der Waals surface area contributed by atoms with E-state index in [1.54, 1.807) is 0 Å². The van der Waals surface area contributed by atoms with Crippen LogP contribution in [0, 0.1) is 11.6 Å². The minimum Gasteiger partial charge on any atom is -0.419 e. The van der Waals surface area contributed by atoms with Gasteiger partial charge in [-0.3, -0.25) is 9.80 Å². The van der Waals surface area contributed by atoms with Crippen molar-refractivity contribution in [2.45, 2.75) is 19.0 Å². The molecule has 1 aromatic heterocycles. The van der Waals surface area contributed by atoms with E-state index in [2.05, 4.69) is 26.9 Å². The maximum atomic E-state index is 13.6. The van der Waals surface area contributed by atoms with Crippen molar-refractivity contribution in [3.63, 3.8) is 0 Å². The van der Waals surface area contributed by atoms with Crippen molar-refractivity contribution in [3.05, 3.63) is 108 Å². The number of halogens is 2. The Morgan fingerprint density at radius 3 is 1.79 bits per heavy atom. The SMILES string of the molecule is CC(c1nnc(-c2ccccc2)o1)N1CCN(C(c2ccc(F)cc2)c2ccc(F)cc2)CC1. The molecule has 0 bridgehead atoms. The molecule has 0 radical (unpaired) electrons. The molecule has 1 aliphatic rings. The molecule has 1 unspecified atom stereocenters. The van der Waals surface area contributed by atoms with Crippen LogP contribution >= 0.6 is 0 Å². The Hall–Kier alpha value is -3.42. The van der Waals surface area contributed by atoms with Gasteiger partial charge < -0.3 is 4.42 Å². The largest absolute Gasteiger partial charge is 0.419 e. The van der Waals surface area contributed by atoms with Crippen LogP contribution in [0.3, 0.4) is 0 Å².